The molecule has 4 atom stereocenters. The van der Waals surface area contributed by atoms with Gasteiger partial charge in [-0.3, -0.25) is 4.79 Å². The predicted octanol–water partition coefficient (Wildman–Crippen LogP) is 9.85. The van der Waals surface area contributed by atoms with Gasteiger partial charge in [-0.05, 0) is 92.8 Å². The Morgan fingerprint density at radius 1 is 0.758 bits per heavy atom. The molecular weight excluding hydrogens is 877 g/mol. The number of aromatic nitrogens is 1. The standard InChI is InChI=1S/C25H41NO6Si.C18H29NO5Si.C7H12O/c1-16-14-18(27)26-25(16,22(29)31-20-21(28)30-15-24(20,5)6)19(17-12-10-9-11-13-17)32-33(7,8)23(2,3)4;1-11-9-12(24-25(7,8)17(2,3)4)19-13(11)15(20)23-14-16(21)22-10-18(14,5)6;8-6-7-4-2-1-3-5-7/h14,17,19-20H,9-13,15H2,1-8H3,(H,26,27);9,14,19H,10H2,1-8H3;6-7H,1-5H2/t19-,20+,25-;14-;/m01./s1. The van der Waals surface area contributed by atoms with Crippen molar-refractivity contribution in [2.24, 2.45) is 22.7 Å². The van der Waals surface area contributed by atoms with Crippen LogP contribution < -0.4 is 9.74 Å². The van der Waals surface area contributed by atoms with Crippen molar-refractivity contribution in [3.05, 3.63) is 29.0 Å². The van der Waals surface area contributed by atoms with E-state index in [0.717, 1.165) is 56.8 Å². The summed E-state index contributed by atoms with van der Waals surface area (Å²) in [5.74, 6) is -1.52. The van der Waals surface area contributed by atoms with E-state index in [2.05, 4.69) is 78.0 Å². The summed E-state index contributed by atoms with van der Waals surface area (Å²) < 4.78 is 34.7. The molecule has 2 N–H and O–H groups in total. The first-order valence-corrected chi connectivity index (χ1v) is 29.9. The van der Waals surface area contributed by atoms with Crippen LogP contribution in [0, 0.1) is 29.6 Å². The summed E-state index contributed by atoms with van der Waals surface area (Å²) in [5, 5.41) is 2.91. The fourth-order valence-corrected chi connectivity index (χ4v) is 10.8. The minimum absolute atomic E-state index is 0.0459. The van der Waals surface area contributed by atoms with Crippen LogP contribution in [0.15, 0.2) is 17.7 Å². The summed E-state index contributed by atoms with van der Waals surface area (Å²) in [7, 11) is -4.35. The number of H-pyrrole nitrogens is 1. The topological polar surface area (TPSA) is 186 Å². The minimum Gasteiger partial charge on any atom is -0.532 e. The number of rotatable bonds is 11. The molecule has 0 aromatic carbocycles. The summed E-state index contributed by atoms with van der Waals surface area (Å²) in [5.41, 5.74) is -1.01. The Bertz CT molecular complexity index is 1960. The van der Waals surface area contributed by atoms with Gasteiger partial charge in [0.25, 0.3) is 8.32 Å². The maximum Gasteiger partial charge on any atom is 0.355 e. The zero-order chi connectivity index (χ0) is 49.8. The molecule has 2 saturated carbocycles. The second-order valence-electron chi connectivity index (χ2n) is 23.7. The quantitative estimate of drug-likeness (QED) is 0.0927. The zero-order valence-electron chi connectivity index (χ0n) is 43.0. The van der Waals surface area contributed by atoms with E-state index in [4.69, 9.17) is 27.8 Å². The number of hydrogen-bond acceptors (Lipinski definition) is 12. The number of aldehydes is 1. The van der Waals surface area contributed by atoms with Gasteiger partial charge >= 0.3 is 23.9 Å². The van der Waals surface area contributed by atoms with Crippen molar-refractivity contribution in [3.8, 4) is 5.88 Å². The molecule has 5 aliphatic rings. The molecule has 1 aromatic rings. The molecule has 4 fully saturated rings. The summed E-state index contributed by atoms with van der Waals surface area (Å²) >= 11 is 0. The van der Waals surface area contributed by atoms with Gasteiger partial charge in [0.1, 0.15) is 25.2 Å². The van der Waals surface area contributed by atoms with E-state index in [0.29, 0.717) is 23.1 Å². The van der Waals surface area contributed by atoms with Crippen molar-refractivity contribution in [2.45, 2.75) is 207 Å². The maximum atomic E-state index is 14.0. The van der Waals surface area contributed by atoms with Gasteiger partial charge in [0, 0.05) is 28.9 Å². The Kier molecular flexibility index (Phi) is 17.3. The number of aryl methyl sites for hydroxylation is 1. The molecule has 372 valence electrons. The second-order valence-corrected chi connectivity index (χ2v) is 33.2. The van der Waals surface area contributed by atoms with E-state index in [1.165, 1.54) is 25.3 Å². The molecule has 0 spiro atoms. The Morgan fingerprint density at radius 2 is 1.24 bits per heavy atom. The SMILES string of the molecule is CC1=CC(=O)N[C@]1(C(=O)O[C@@H]1C(=O)OCC1(C)C)[C@@H](O[Si](C)(C)C(C)(C)C)C1CCCCC1.Cc1cc(O[Si](C)(C)C(C)(C)C)[nH]c1C(=O)O[C@@H]1C(=O)OCC1(C)C.O=CC1CCCCC1. The van der Waals surface area contributed by atoms with Gasteiger partial charge in [-0.15, -0.1) is 0 Å². The largest absolute Gasteiger partial charge is 0.532 e. The fraction of sp³-hybridized carbons (Fsp3) is 0.760. The van der Waals surface area contributed by atoms with E-state index in [-0.39, 0.29) is 35.1 Å². The lowest BCUT2D eigenvalue weighted by Gasteiger charge is -2.48. The van der Waals surface area contributed by atoms with E-state index < -0.39 is 75.2 Å². The first-order chi connectivity index (χ1) is 30.3. The Morgan fingerprint density at radius 3 is 1.65 bits per heavy atom. The van der Waals surface area contributed by atoms with Crippen LogP contribution in [0.25, 0.3) is 0 Å². The minimum atomic E-state index is -2.33. The predicted molar refractivity (Wildman–Crippen MR) is 258 cm³/mol. The smallest absolute Gasteiger partial charge is 0.355 e. The highest BCUT2D eigenvalue weighted by molar-refractivity contribution is 6.75. The van der Waals surface area contributed by atoms with Crippen molar-refractivity contribution in [1.82, 2.24) is 10.3 Å². The molecule has 1 amide bonds. The van der Waals surface area contributed by atoms with Crippen LogP contribution in [0.3, 0.4) is 0 Å². The van der Waals surface area contributed by atoms with Gasteiger partial charge in [-0.2, -0.15) is 0 Å². The van der Waals surface area contributed by atoms with Gasteiger partial charge in [-0.25, -0.2) is 19.2 Å². The Hall–Kier alpha value is -3.77. The lowest BCUT2D eigenvalue weighted by Crippen LogP contribution is -2.66. The van der Waals surface area contributed by atoms with Gasteiger partial charge in [0.05, 0.1) is 6.10 Å². The third-order valence-electron chi connectivity index (χ3n) is 15.0. The highest BCUT2D eigenvalue weighted by Gasteiger charge is 2.60. The zero-order valence-corrected chi connectivity index (χ0v) is 45.0. The number of nitrogens with one attached hydrogen (secondary N) is 2. The maximum absolute atomic E-state index is 14.0. The van der Waals surface area contributed by atoms with Gasteiger partial charge in [0.15, 0.2) is 19.7 Å². The van der Waals surface area contributed by atoms with Gasteiger partial charge < -0.3 is 42.9 Å². The second kappa shape index (κ2) is 20.8. The van der Waals surface area contributed by atoms with E-state index in [1.54, 1.807) is 13.0 Å². The monoisotopic (exact) mass is 959 g/mol. The van der Waals surface area contributed by atoms with Crippen molar-refractivity contribution in [1.29, 1.82) is 0 Å². The molecule has 0 bridgehead atoms. The van der Waals surface area contributed by atoms with Crippen LogP contribution in [0.2, 0.25) is 36.3 Å². The first-order valence-electron chi connectivity index (χ1n) is 24.1. The van der Waals surface area contributed by atoms with Crippen LogP contribution in [0.4, 0.5) is 0 Å². The molecule has 6 rings (SSSR count). The summed E-state index contributed by atoms with van der Waals surface area (Å²) in [6.45, 7) is 32.9. The van der Waals surface area contributed by atoms with Gasteiger partial charge in [0.2, 0.25) is 18.1 Å². The molecule has 16 heteroatoms. The normalized spacial score (nSPS) is 25.2. The van der Waals surface area contributed by atoms with Crippen molar-refractivity contribution in [2.75, 3.05) is 13.2 Å². The van der Waals surface area contributed by atoms with Crippen LogP contribution in [-0.4, -0.2) is 94.8 Å². The first kappa shape index (κ1) is 54.8. The summed E-state index contributed by atoms with van der Waals surface area (Å²) in [6.07, 6.45) is 11.4. The highest BCUT2D eigenvalue weighted by atomic mass is 28.4. The van der Waals surface area contributed by atoms with E-state index >= 15 is 0 Å². The number of hydrogen-bond donors (Lipinski definition) is 2. The molecule has 2 aliphatic carbocycles. The molecular formula is C50H82N2O12Si2. The number of cyclic esters (lactones) is 2. The molecule has 0 radical (unpaired) electrons. The van der Waals surface area contributed by atoms with Crippen LogP contribution in [0.1, 0.15) is 156 Å². The molecule has 3 aliphatic heterocycles. The molecule has 2 saturated heterocycles. The van der Waals surface area contributed by atoms with E-state index in [1.807, 2.05) is 34.6 Å². The molecule has 1 aromatic heterocycles. The van der Waals surface area contributed by atoms with Crippen LogP contribution in [-0.2, 0) is 47.3 Å². The summed E-state index contributed by atoms with van der Waals surface area (Å²) in [6, 6.07) is 1.80. The fourth-order valence-electron chi connectivity index (χ4n) is 8.46. The van der Waals surface area contributed by atoms with E-state index in [9.17, 15) is 28.8 Å². The molecule has 4 heterocycles. The Labute approximate surface area is 396 Å². The third kappa shape index (κ3) is 12.7. The highest BCUT2D eigenvalue weighted by Crippen LogP contribution is 2.46. The lowest BCUT2D eigenvalue weighted by molar-refractivity contribution is -0.172. The molecule has 14 nitrogen and oxygen atoms in total. The summed E-state index contributed by atoms with van der Waals surface area (Å²) in [4.78, 5) is 76.5. The average Bonchev–Trinajstić information content (AvgIpc) is 3.90. The van der Waals surface area contributed by atoms with Crippen molar-refractivity contribution < 1.29 is 56.6 Å². The van der Waals surface area contributed by atoms with Crippen LogP contribution in [0.5, 0.6) is 5.88 Å². The number of amides is 1. The number of esters is 4. The number of carbonyl (C=O) groups is 6. The van der Waals surface area contributed by atoms with Crippen molar-refractivity contribution in [3.63, 3.8) is 0 Å². The molecule has 66 heavy (non-hydrogen) atoms. The Balaban J connectivity index is 0.000000253. The number of ether oxygens (including phenoxy) is 4. The lowest BCUT2D eigenvalue weighted by atomic mass is 9.74. The van der Waals surface area contributed by atoms with Crippen molar-refractivity contribution >= 4 is 52.7 Å². The number of aromatic amines is 1. The van der Waals surface area contributed by atoms with Gasteiger partial charge in [-0.1, -0.05) is 108 Å². The van der Waals surface area contributed by atoms with Crippen LogP contribution >= 0.6 is 0 Å². The average molecular weight is 959 g/mol. The third-order valence-corrected chi connectivity index (χ3v) is 23.8. The molecule has 0 unspecified atom stereocenters. The number of carbonyl (C=O) groups excluding carboxylic acids is 6.